The lowest BCUT2D eigenvalue weighted by atomic mass is 9.43. The summed E-state index contributed by atoms with van der Waals surface area (Å²) in [7, 11) is -4.08. The second-order valence-electron chi connectivity index (χ2n) is 13.2. The summed E-state index contributed by atoms with van der Waals surface area (Å²) >= 11 is 0. The number of nitrogens with one attached hydrogen (secondary N) is 1. The second kappa shape index (κ2) is 10.8. The van der Waals surface area contributed by atoms with Crippen molar-refractivity contribution in [1.82, 2.24) is 5.32 Å². The highest BCUT2D eigenvalue weighted by molar-refractivity contribution is 7.85. The first-order valence-electron chi connectivity index (χ1n) is 14.3. The largest absolute Gasteiger partial charge is 0.462 e. The van der Waals surface area contributed by atoms with Crippen molar-refractivity contribution in [2.75, 3.05) is 12.3 Å². The van der Waals surface area contributed by atoms with E-state index >= 15 is 0 Å². The van der Waals surface area contributed by atoms with E-state index in [1.165, 1.54) is 6.92 Å². The molecule has 9 heteroatoms. The van der Waals surface area contributed by atoms with Gasteiger partial charge < -0.3 is 15.2 Å². The maximum Gasteiger partial charge on any atom is 0.302 e. The molecule has 0 aromatic rings. The van der Waals surface area contributed by atoms with Gasteiger partial charge in [0.15, 0.2) is 0 Å². The number of fused-ring (bicyclic) bond motifs is 5. The molecule has 4 saturated carbocycles. The van der Waals surface area contributed by atoms with Gasteiger partial charge in [-0.1, -0.05) is 20.8 Å². The van der Waals surface area contributed by atoms with E-state index in [0.717, 1.165) is 57.8 Å². The number of aliphatic hydroxyl groups excluding tert-OH is 1. The maximum atomic E-state index is 12.3. The zero-order valence-corrected chi connectivity index (χ0v) is 23.8. The van der Waals surface area contributed by atoms with Crippen LogP contribution in [-0.2, 0) is 24.4 Å². The fraction of sp³-hybridized carbons (Fsp3) is 0.929. The molecule has 1 unspecified atom stereocenters. The van der Waals surface area contributed by atoms with Gasteiger partial charge in [-0.3, -0.25) is 14.1 Å². The van der Waals surface area contributed by atoms with Gasteiger partial charge in [0, 0.05) is 25.8 Å². The fourth-order valence-electron chi connectivity index (χ4n) is 9.45. The van der Waals surface area contributed by atoms with Crippen LogP contribution in [0.3, 0.4) is 0 Å². The van der Waals surface area contributed by atoms with Crippen molar-refractivity contribution in [3.63, 3.8) is 0 Å². The topological polar surface area (TPSA) is 130 Å². The number of hydrogen-bond donors (Lipinski definition) is 3. The maximum absolute atomic E-state index is 12.3. The molecule has 0 spiro atoms. The molecule has 3 N–H and O–H groups in total. The normalized spacial score (nSPS) is 42.2. The lowest BCUT2D eigenvalue weighted by molar-refractivity contribution is -0.194. The van der Waals surface area contributed by atoms with Crippen LogP contribution >= 0.6 is 0 Å². The number of esters is 1. The Morgan fingerprint density at radius 3 is 2.41 bits per heavy atom. The lowest BCUT2D eigenvalue weighted by Gasteiger charge is -2.62. The molecule has 0 aromatic heterocycles. The molecule has 4 rings (SSSR count). The van der Waals surface area contributed by atoms with E-state index in [-0.39, 0.29) is 41.5 Å². The Hall–Kier alpha value is -1.19. The molecule has 0 saturated heterocycles. The smallest absolute Gasteiger partial charge is 0.302 e. The Morgan fingerprint density at radius 1 is 1.05 bits per heavy atom. The van der Waals surface area contributed by atoms with Gasteiger partial charge in [0.1, 0.15) is 6.10 Å². The second-order valence-corrected chi connectivity index (χ2v) is 14.8. The summed E-state index contributed by atoms with van der Waals surface area (Å²) in [5, 5.41) is 13.0. The molecule has 4 aliphatic carbocycles. The predicted molar refractivity (Wildman–Crippen MR) is 140 cm³/mol. The van der Waals surface area contributed by atoms with Crippen LogP contribution in [0.15, 0.2) is 0 Å². The summed E-state index contributed by atoms with van der Waals surface area (Å²) in [5.41, 5.74) is 0.323. The van der Waals surface area contributed by atoms with Crippen LogP contribution in [0.4, 0.5) is 0 Å². The first-order valence-corrected chi connectivity index (χ1v) is 15.9. The number of carbonyl (C=O) groups is 2. The van der Waals surface area contributed by atoms with Gasteiger partial charge in [-0.25, -0.2) is 0 Å². The van der Waals surface area contributed by atoms with Gasteiger partial charge >= 0.3 is 5.97 Å². The summed E-state index contributed by atoms with van der Waals surface area (Å²) in [4.78, 5) is 24.4. The van der Waals surface area contributed by atoms with Crippen molar-refractivity contribution in [3.8, 4) is 0 Å². The van der Waals surface area contributed by atoms with Crippen molar-refractivity contribution in [2.45, 2.75) is 104 Å². The summed E-state index contributed by atoms with van der Waals surface area (Å²) in [6.07, 6.45) is 8.82. The fourth-order valence-corrected chi connectivity index (χ4v) is 9.81. The van der Waals surface area contributed by atoms with Crippen LogP contribution < -0.4 is 5.32 Å². The highest BCUT2D eigenvalue weighted by Crippen LogP contribution is 2.68. The number of amides is 1. The Balaban J connectivity index is 1.46. The molecule has 37 heavy (non-hydrogen) atoms. The van der Waals surface area contributed by atoms with E-state index in [0.29, 0.717) is 41.9 Å². The highest BCUT2D eigenvalue weighted by Gasteiger charge is 2.63. The molecule has 8 nitrogen and oxygen atoms in total. The Kier molecular flexibility index (Phi) is 8.38. The molecule has 212 valence electrons. The van der Waals surface area contributed by atoms with Gasteiger partial charge in [-0.15, -0.1) is 0 Å². The van der Waals surface area contributed by atoms with Gasteiger partial charge in [0.05, 0.1) is 11.9 Å². The molecule has 0 aromatic carbocycles. The van der Waals surface area contributed by atoms with E-state index in [1.807, 2.05) is 0 Å². The minimum Gasteiger partial charge on any atom is -0.462 e. The van der Waals surface area contributed by atoms with Crippen molar-refractivity contribution in [2.24, 2.45) is 46.3 Å². The third-order valence-electron chi connectivity index (χ3n) is 11.2. The van der Waals surface area contributed by atoms with E-state index in [4.69, 9.17) is 9.29 Å². The number of rotatable bonds is 8. The molecule has 0 bridgehead atoms. The van der Waals surface area contributed by atoms with Gasteiger partial charge in [-0.05, 0) is 98.2 Å². The average molecular weight is 542 g/mol. The summed E-state index contributed by atoms with van der Waals surface area (Å²) < 4.78 is 36.7. The highest BCUT2D eigenvalue weighted by atomic mass is 32.2. The minimum absolute atomic E-state index is 0.0767. The van der Waals surface area contributed by atoms with Crippen LogP contribution in [0.2, 0.25) is 0 Å². The standard InChI is InChI=1S/C28H47NO7S/c1-17(5-8-25(32)29-13-14-37(33,34)35)21-6-7-22-26-23(10-12-28(21,22)4)27(3)11-9-20(31)15-19(27)16-24(26)36-18(2)30/h17,19-24,26,31H,5-16H2,1-4H3,(H,29,32)(H,33,34,35)/t17-,19?,20-,21-,22+,23+,24+,26+,27+,28-/m1/s1. The molecule has 0 radical (unpaired) electrons. The van der Waals surface area contributed by atoms with Crippen LogP contribution in [0.25, 0.3) is 0 Å². The lowest BCUT2D eigenvalue weighted by Crippen LogP contribution is -2.59. The number of ether oxygens (including phenoxy) is 1. The van der Waals surface area contributed by atoms with Crippen LogP contribution in [-0.4, -0.2) is 54.5 Å². The zero-order valence-electron chi connectivity index (χ0n) is 22.9. The molecule has 1 amide bonds. The summed E-state index contributed by atoms with van der Waals surface area (Å²) in [6.45, 7) is 8.54. The van der Waals surface area contributed by atoms with Crippen molar-refractivity contribution in [1.29, 1.82) is 0 Å². The Labute approximate surface area is 222 Å². The number of carbonyl (C=O) groups excluding carboxylic acids is 2. The monoisotopic (exact) mass is 541 g/mol. The number of aliphatic hydroxyl groups is 1. The van der Waals surface area contributed by atoms with Gasteiger partial charge in [0.25, 0.3) is 10.1 Å². The van der Waals surface area contributed by atoms with E-state index in [9.17, 15) is 23.1 Å². The molecule has 0 aliphatic heterocycles. The van der Waals surface area contributed by atoms with Crippen LogP contribution in [0.5, 0.6) is 0 Å². The Morgan fingerprint density at radius 2 is 1.73 bits per heavy atom. The number of hydrogen-bond acceptors (Lipinski definition) is 6. The average Bonchev–Trinajstić information content (AvgIpc) is 3.14. The van der Waals surface area contributed by atoms with Crippen LogP contribution in [0, 0.1) is 46.3 Å². The van der Waals surface area contributed by atoms with E-state index in [1.54, 1.807) is 0 Å². The van der Waals surface area contributed by atoms with E-state index < -0.39 is 15.9 Å². The summed E-state index contributed by atoms with van der Waals surface area (Å²) in [5.74, 6) is 1.70. The predicted octanol–water partition coefficient (Wildman–Crippen LogP) is 3.97. The van der Waals surface area contributed by atoms with Crippen molar-refractivity contribution >= 4 is 22.0 Å². The first kappa shape index (κ1) is 28.8. The Bertz CT molecular complexity index is 970. The summed E-state index contributed by atoms with van der Waals surface area (Å²) in [6, 6.07) is 0. The molecule has 4 fully saturated rings. The third-order valence-corrected chi connectivity index (χ3v) is 11.9. The van der Waals surface area contributed by atoms with Crippen molar-refractivity contribution in [3.05, 3.63) is 0 Å². The third kappa shape index (κ3) is 5.88. The van der Waals surface area contributed by atoms with Gasteiger partial charge in [0.2, 0.25) is 5.91 Å². The zero-order chi connectivity index (χ0) is 27.2. The molecule has 10 atom stereocenters. The molecular formula is C28H47NO7S. The van der Waals surface area contributed by atoms with Gasteiger partial charge in [-0.2, -0.15) is 8.42 Å². The minimum atomic E-state index is -4.08. The molecule has 0 heterocycles. The first-order chi connectivity index (χ1) is 17.2. The van der Waals surface area contributed by atoms with Crippen LogP contribution in [0.1, 0.15) is 91.9 Å². The van der Waals surface area contributed by atoms with Crippen molar-refractivity contribution < 1.29 is 32.4 Å². The molecular weight excluding hydrogens is 494 g/mol. The molecule has 4 aliphatic rings. The SMILES string of the molecule is CC(=O)O[C@H]1CC2C[C@H](O)CC[C@]2(C)[C@H]2CC[C@]3(C)[C@@H]([C@H](C)CCC(=O)NCCS(=O)(=O)O)CC[C@H]3[C@H]12. The quantitative estimate of drug-likeness (QED) is 0.313. The van der Waals surface area contributed by atoms with E-state index in [2.05, 4.69) is 26.1 Å².